The number of amides is 1. The molecule has 0 aromatic carbocycles. The Morgan fingerprint density at radius 2 is 1.96 bits per heavy atom. The molecule has 1 atom stereocenters. The molecule has 1 unspecified atom stereocenters. The number of carbonyl (C=O) groups excluding carboxylic acids is 1. The summed E-state index contributed by atoms with van der Waals surface area (Å²) in [7, 11) is 0. The maximum atomic E-state index is 12.2. The summed E-state index contributed by atoms with van der Waals surface area (Å²) in [5.74, 6) is -0.0764. The van der Waals surface area contributed by atoms with Crippen molar-refractivity contribution in [1.82, 2.24) is 24.9 Å². The van der Waals surface area contributed by atoms with Gasteiger partial charge in [0.15, 0.2) is 0 Å². The monoisotopic (exact) mass is 459 g/mol. The van der Waals surface area contributed by atoms with Gasteiger partial charge >= 0.3 is 0 Å². The molecule has 0 saturated carbocycles. The van der Waals surface area contributed by atoms with Crippen molar-refractivity contribution >= 4 is 37.8 Å². The summed E-state index contributed by atoms with van der Waals surface area (Å²) < 4.78 is 5.79. The number of nitrogens with one attached hydrogen (secondary N) is 1. The average molecular weight is 461 g/mol. The summed E-state index contributed by atoms with van der Waals surface area (Å²) >= 11 is 6.96. The molecule has 2 heterocycles. The Morgan fingerprint density at radius 3 is 2.50 bits per heavy atom. The minimum absolute atomic E-state index is 0.0523. The molecular weight excluding hydrogens is 438 g/mol. The summed E-state index contributed by atoms with van der Waals surface area (Å²) in [6.07, 6.45) is 2.80. The highest BCUT2D eigenvalue weighted by molar-refractivity contribution is 9.10. The van der Waals surface area contributed by atoms with Gasteiger partial charge in [0.2, 0.25) is 5.91 Å². The second-order valence-corrected chi connectivity index (χ2v) is 7.69. The van der Waals surface area contributed by atoms with Gasteiger partial charge in [-0.1, -0.05) is 6.92 Å². The lowest BCUT2D eigenvalue weighted by Crippen LogP contribution is -2.33. The summed E-state index contributed by atoms with van der Waals surface area (Å²) in [6.45, 7) is 9.84. The van der Waals surface area contributed by atoms with E-state index in [0.717, 1.165) is 39.0 Å². The molecule has 132 valence electrons. The fourth-order valence-corrected chi connectivity index (χ4v) is 3.03. The Morgan fingerprint density at radius 1 is 1.25 bits per heavy atom. The third-order valence-electron chi connectivity index (χ3n) is 3.94. The number of aromatic nitrogens is 4. The molecule has 0 spiro atoms. The molecule has 24 heavy (non-hydrogen) atoms. The normalized spacial score (nSPS) is 12.4. The van der Waals surface area contributed by atoms with Crippen LogP contribution in [0.15, 0.2) is 15.1 Å². The van der Waals surface area contributed by atoms with Gasteiger partial charge in [-0.2, -0.15) is 10.2 Å². The van der Waals surface area contributed by atoms with E-state index in [4.69, 9.17) is 0 Å². The topological polar surface area (TPSA) is 64.7 Å². The predicted octanol–water partition coefficient (Wildman–Crippen LogP) is 3.37. The van der Waals surface area contributed by atoms with Gasteiger partial charge in [-0.05, 0) is 59.1 Å². The first-order chi connectivity index (χ1) is 11.3. The quantitative estimate of drug-likeness (QED) is 0.644. The third kappa shape index (κ3) is 4.69. The van der Waals surface area contributed by atoms with Gasteiger partial charge < -0.3 is 5.32 Å². The summed E-state index contributed by atoms with van der Waals surface area (Å²) in [5, 5.41) is 11.8. The van der Waals surface area contributed by atoms with E-state index < -0.39 is 0 Å². The molecule has 6 nitrogen and oxygen atoms in total. The lowest BCUT2D eigenvalue weighted by molar-refractivity contribution is -0.124. The Hall–Kier alpha value is -1.15. The summed E-state index contributed by atoms with van der Waals surface area (Å²) in [4.78, 5) is 12.2. The van der Waals surface area contributed by atoms with Gasteiger partial charge in [-0.25, -0.2) is 0 Å². The first-order valence-corrected chi connectivity index (χ1v) is 9.55. The van der Waals surface area contributed by atoms with Crippen LogP contribution in [-0.4, -0.2) is 32.0 Å². The van der Waals surface area contributed by atoms with Crippen molar-refractivity contribution in [1.29, 1.82) is 0 Å². The van der Waals surface area contributed by atoms with Crippen molar-refractivity contribution in [3.63, 3.8) is 0 Å². The Balaban J connectivity index is 1.76. The van der Waals surface area contributed by atoms with Crippen LogP contribution in [0.2, 0.25) is 0 Å². The van der Waals surface area contributed by atoms with Crippen molar-refractivity contribution < 1.29 is 4.79 Å². The minimum atomic E-state index is -0.129. The maximum absolute atomic E-state index is 12.2. The zero-order chi connectivity index (χ0) is 17.9. The predicted molar refractivity (Wildman–Crippen MR) is 101 cm³/mol. The zero-order valence-corrected chi connectivity index (χ0v) is 17.6. The van der Waals surface area contributed by atoms with Crippen LogP contribution in [0.3, 0.4) is 0 Å². The Bertz CT molecular complexity index is 703. The van der Waals surface area contributed by atoms with Gasteiger partial charge in [0.25, 0.3) is 0 Å². The van der Waals surface area contributed by atoms with Crippen LogP contribution < -0.4 is 5.32 Å². The smallest absolute Gasteiger partial charge is 0.224 e. The highest BCUT2D eigenvalue weighted by Gasteiger charge is 2.16. The van der Waals surface area contributed by atoms with Crippen molar-refractivity contribution in [2.75, 3.05) is 6.54 Å². The van der Waals surface area contributed by atoms with Gasteiger partial charge in [0.05, 0.1) is 32.8 Å². The van der Waals surface area contributed by atoms with E-state index >= 15 is 0 Å². The van der Waals surface area contributed by atoms with Crippen LogP contribution in [0.4, 0.5) is 0 Å². The standard InChI is InChI=1S/C16H23Br2N5O/c1-10(8-23-13(4)15(18)12(3)21-23)16(24)19-6-5-7-22-9-14(17)11(2)20-22/h9-10H,5-8H2,1-4H3,(H,19,24). The van der Waals surface area contributed by atoms with E-state index in [1.165, 1.54) is 0 Å². The maximum Gasteiger partial charge on any atom is 0.224 e. The number of hydrogen-bond acceptors (Lipinski definition) is 3. The largest absolute Gasteiger partial charge is 0.356 e. The average Bonchev–Trinajstić information content (AvgIpc) is 2.97. The van der Waals surface area contributed by atoms with Crippen LogP contribution in [0, 0.1) is 26.7 Å². The molecule has 0 aliphatic carbocycles. The summed E-state index contributed by atoms with van der Waals surface area (Å²) in [5.41, 5.74) is 2.97. The molecule has 2 rings (SSSR count). The second kappa shape index (κ2) is 8.29. The van der Waals surface area contributed by atoms with E-state index in [1.54, 1.807) is 0 Å². The molecule has 8 heteroatoms. The van der Waals surface area contributed by atoms with Gasteiger partial charge in [0, 0.05) is 25.0 Å². The fraction of sp³-hybridized carbons (Fsp3) is 0.562. The third-order valence-corrected chi connectivity index (χ3v) is 5.86. The van der Waals surface area contributed by atoms with Crippen molar-refractivity contribution in [3.8, 4) is 0 Å². The molecule has 1 N–H and O–H groups in total. The summed E-state index contributed by atoms with van der Waals surface area (Å²) in [6, 6.07) is 0. The van der Waals surface area contributed by atoms with E-state index in [-0.39, 0.29) is 11.8 Å². The number of aryl methyl sites for hydroxylation is 3. The van der Waals surface area contributed by atoms with Crippen molar-refractivity contribution in [3.05, 3.63) is 32.2 Å². The van der Waals surface area contributed by atoms with Crippen LogP contribution in [-0.2, 0) is 17.9 Å². The molecule has 0 aliphatic rings. The Kier molecular flexibility index (Phi) is 6.62. The van der Waals surface area contributed by atoms with Crippen LogP contribution in [0.5, 0.6) is 0 Å². The van der Waals surface area contributed by atoms with Crippen LogP contribution in [0.1, 0.15) is 30.4 Å². The SMILES string of the molecule is Cc1nn(CCCNC(=O)C(C)Cn2nc(C)c(Br)c2C)cc1Br. The fourth-order valence-electron chi connectivity index (χ4n) is 2.43. The van der Waals surface area contributed by atoms with Crippen LogP contribution >= 0.6 is 31.9 Å². The first kappa shape index (κ1) is 19.2. The van der Waals surface area contributed by atoms with Gasteiger partial charge in [-0.15, -0.1) is 0 Å². The van der Waals surface area contributed by atoms with E-state index in [0.29, 0.717) is 13.1 Å². The molecule has 1 amide bonds. The molecule has 0 radical (unpaired) electrons. The highest BCUT2D eigenvalue weighted by atomic mass is 79.9. The van der Waals surface area contributed by atoms with E-state index in [9.17, 15) is 4.79 Å². The lowest BCUT2D eigenvalue weighted by Gasteiger charge is -2.13. The van der Waals surface area contributed by atoms with Crippen LogP contribution in [0.25, 0.3) is 0 Å². The first-order valence-electron chi connectivity index (χ1n) is 7.96. The molecule has 0 saturated heterocycles. The van der Waals surface area contributed by atoms with E-state index in [1.807, 2.05) is 43.3 Å². The van der Waals surface area contributed by atoms with E-state index in [2.05, 4.69) is 47.4 Å². The van der Waals surface area contributed by atoms with Crippen molar-refractivity contribution in [2.45, 2.75) is 47.2 Å². The number of rotatable bonds is 7. The minimum Gasteiger partial charge on any atom is -0.356 e. The van der Waals surface area contributed by atoms with Crippen molar-refractivity contribution in [2.24, 2.45) is 5.92 Å². The molecule has 0 bridgehead atoms. The van der Waals surface area contributed by atoms with Gasteiger partial charge in [0.1, 0.15) is 0 Å². The molecule has 0 fully saturated rings. The number of carbonyl (C=O) groups is 1. The molecule has 0 aliphatic heterocycles. The number of halogens is 2. The molecule has 2 aromatic heterocycles. The second-order valence-electron chi connectivity index (χ2n) is 6.04. The number of hydrogen-bond donors (Lipinski definition) is 1. The lowest BCUT2D eigenvalue weighted by atomic mass is 10.1. The highest BCUT2D eigenvalue weighted by Crippen LogP contribution is 2.20. The van der Waals surface area contributed by atoms with Gasteiger partial charge in [-0.3, -0.25) is 14.2 Å². The molecular formula is C16H23Br2N5O. The Labute approximate surface area is 159 Å². The molecule has 2 aromatic rings. The number of nitrogens with zero attached hydrogens (tertiary/aromatic N) is 4. The zero-order valence-electron chi connectivity index (χ0n) is 14.4.